The molecule has 28 heavy (non-hydrogen) atoms. The van der Waals surface area contributed by atoms with E-state index in [9.17, 15) is 4.79 Å². The number of nitrogens with zero attached hydrogens (tertiary/aromatic N) is 3. The van der Waals surface area contributed by atoms with E-state index in [1.54, 1.807) is 12.1 Å². The minimum atomic E-state index is -0.245. The van der Waals surface area contributed by atoms with Crippen LogP contribution in [0.15, 0.2) is 46.7 Å². The summed E-state index contributed by atoms with van der Waals surface area (Å²) in [7, 11) is 4.96. The van der Waals surface area contributed by atoms with Crippen molar-refractivity contribution in [2.45, 2.75) is 5.16 Å². The number of ether oxygens (including phenoxy) is 2. The number of aryl methyl sites for hydroxylation is 1. The van der Waals surface area contributed by atoms with Crippen molar-refractivity contribution >= 4 is 46.5 Å². The standard InChI is InChI=1S/C19H19ClN4O3S/c1-24-14-7-5-4-6-13(14)22-19(24)28-11-16(25)23-21-10-12-8-9-15(26-2)18(27-3)17(12)20/h4-10H,11H2,1-3H3,(H,23,25)/b21-10-. The van der Waals surface area contributed by atoms with Gasteiger partial charge in [0.05, 0.1) is 42.2 Å². The summed E-state index contributed by atoms with van der Waals surface area (Å²) >= 11 is 7.63. The van der Waals surface area contributed by atoms with E-state index in [1.165, 1.54) is 32.2 Å². The molecule has 0 fully saturated rings. The number of halogens is 1. The van der Waals surface area contributed by atoms with Crippen LogP contribution in [-0.2, 0) is 11.8 Å². The summed E-state index contributed by atoms with van der Waals surface area (Å²) in [5.41, 5.74) is 5.01. The topological polar surface area (TPSA) is 77.7 Å². The number of para-hydroxylation sites is 2. The SMILES string of the molecule is COc1ccc(/C=N\NC(=O)CSc2nc3ccccc3n2C)c(Cl)c1OC. The molecule has 146 valence electrons. The highest BCUT2D eigenvalue weighted by molar-refractivity contribution is 7.99. The summed E-state index contributed by atoms with van der Waals surface area (Å²) < 4.78 is 12.4. The Kier molecular flexibility index (Phi) is 6.43. The smallest absolute Gasteiger partial charge is 0.250 e. The maximum absolute atomic E-state index is 12.1. The Labute approximate surface area is 171 Å². The Morgan fingerprint density at radius 1 is 1.29 bits per heavy atom. The molecule has 0 saturated carbocycles. The first kappa shape index (κ1) is 20.0. The lowest BCUT2D eigenvalue weighted by atomic mass is 10.2. The highest BCUT2D eigenvalue weighted by atomic mass is 35.5. The van der Waals surface area contributed by atoms with E-state index in [0.29, 0.717) is 22.1 Å². The van der Waals surface area contributed by atoms with E-state index in [0.717, 1.165) is 16.2 Å². The number of hydrogen-bond acceptors (Lipinski definition) is 6. The third kappa shape index (κ3) is 4.23. The molecule has 1 amide bonds. The monoisotopic (exact) mass is 418 g/mol. The van der Waals surface area contributed by atoms with E-state index >= 15 is 0 Å². The van der Waals surface area contributed by atoms with Crippen molar-refractivity contribution in [2.75, 3.05) is 20.0 Å². The average Bonchev–Trinajstić information content (AvgIpc) is 3.03. The maximum Gasteiger partial charge on any atom is 0.250 e. The minimum absolute atomic E-state index is 0.189. The molecule has 0 unspecified atom stereocenters. The number of carbonyl (C=O) groups excluding carboxylic acids is 1. The van der Waals surface area contributed by atoms with E-state index in [4.69, 9.17) is 21.1 Å². The van der Waals surface area contributed by atoms with E-state index in [1.807, 2.05) is 35.9 Å². The van der Waals surface area contributed by atoms with Crippen LogP contribution in [0, 0.1) is 0 Å². The number of nitrogens with one attached hydrogen (secondary N) is 1. The third-order valence-electron chi connectivity index (χ3n) is 3.99. The molecule has 0 aliphatic rings. The third-order valence-corrected chi connectivity index (χ3v) is 5.41. The van der Waals surface area contributed by atoms with Gasteiger partial charge in [-0.1, -0.05) is 35.5 Å². The molecule has 7 nitrogen and oxygen atoms in total. The summed E-state index contributed by atoms with van der Waals surface area (Å²) in [4.78, 5) is 16.6. The van der Waals surface area contributed by atoms with E-state index < -0.39 is 0 Å². The molecule has 3 aromatic rings. The molecular weight excluding hydrogens is 400 g/mol. The van der Waals surface area contributed by atoms with Crippen LogP contribution in [0.2, 0.25) is 5.02 Å². The Balaban J connectivity index is 1.60. The van der Waals surface area contributed by atoms with Crippen LogP contribution in [0.4, 0.5) is 0 Å². The predicted molar refractivity (Wildman–Crippen MR) is 112 cm³/mol. The minimum Gasteiger partial charge on any atom is -0.493 e. The van der Waals surface area contributed by atoms with Gasteiger partial charge in [-0.15, -0.1) is 0 Å². The quantitative estimate of drug-likeness (QED) is 0.361. The van der Waals surface area contributed by atoms with E-state index in [-0.39, 0.29) is 11.7 Å². The van der Waals surface area contributed by atoms with Crippen LogP contribution in [0.3, 0.4) is 0 Å². The number of thioether (sulfide) groups is 1. The number of hydrogen-bond donors (Lipinski definition) is 1. The predicted octanol–water partition coefficient (Wildman–Crippen LogP) is 3.49. The Morgan fingerprint density at radius 2 is 2.07 bits per heavy atom. The second-order valence-electron chi connectivity index (χ2n) is 5.73. The van der Waals surface area contributed by atoms with Gasteiger partial charge in [0.15, 0.2) is 16.7 Å². The van der Waals surface area contributed by atoms with Crippen LogP contribution in [0.1, 0.15) is 5.56 Å². The second-order valence-corrected chi connectivity index (χ2v) is 7.05. The molecule has 0 atom stereocenters. The van der Waals surface area contributed by atoms with E-state index in [2.05, 4.69) is 15.5 Å². The van der Waals surface area contributed by atoms with Gasteiger partial charge < -0.3 is 14.0 Å². The first-order chi connectivity index (χ1) is 13.5. The summed E-state index contributed by atoms with van der Waals surface area (Å²) in [6.45, 7) is 0. The molecule has 1 heterocycles. The molecule has 0 aliphatic carbocycles. The molecule has 1 aromatic heterocycles. The normalized spacial score (nSPS) is 11.1. The molecule has 9 heteroatoms. The van der Waals surface area contributed by atoms with Gasteiger partial charge in [0, 0.05) is 12.6 Å². The van der Waals surface area contributed by atoms with Crippen LogP contribution in [0.5, 0.6) is 11.5 Å². The fourth-order valence-corrected chi connectivity index (χ4v) is 3.65. The van der Waals surface area contributed by atoms with Gasteiger partial charge in [-0.05, 0) is 24.3 Å². The molecule has 2 aromatic carbocycles. The van der Waals surface area contributed by atoms with Crippen molar-refractivity contribution in [2.24, 2.45) is 12.1 Å². The number of fused-ring (bicyclic) bond motifs is 1. The first-order valence-electron chi connectivity index (χ1n) is 8.31. The molecule has 3 rings (SSSR count). The Hall–Kier alpha value is -2.71. The molecule has 0 bridgehead atoms. The summed E-state index contributed by atoms with van der Waals surface area (Å²) in [6.07, 6.45) is 1.46. The van der Waals surface area contributed by atoms with Crippen LogP contribution < -0.4 is 14.9 Å². The lowest BCUT2D eigenvalue weighted by Gasteiger charge is -2.10. The number of amides is 1. The fraction of sp³-hybridized carbons (Fsp3) is 0.211. The molecule has 0 spiro atoms. The van der Waals surface area contributed by atoms with Gasteiger partial charge in [-0.25, -0.2) is 10.4 Å². The van der Waals surface area contributed by atoms with Crippen molar-refractivity contribution in [3.05, 3.63) is 47.0 Å². The number of hydrazone groups is 1. The van der Waals surface area contributed by atoms with Crippen molar-refractivity contribution in [1.82, 2.24) is 15.0 Å². The van der Waals surface area contributed by atoms with Gasteiger partial charge in [-0.3, -0.25) is 4.79 Å². The summed E-state index contributed by atoms with van der Waals surface area (Å²) in [6, 6.07) is 11.3. The molecular formula is C19H19ClN4O3S. The molecule has 0 saturated heterocycles. The van der Waals surface area contributed by atoms with Gasteiger partial charge in [0.2, 0.25) is 0 Å². The number of benzene rings is 2. The van der Waals surface area contributed by atoms with Crippen LogP contribution >= 0.6 is 23.4 Å². The number of methoxy groups -OCH3 is 2. The maximum atomic E-state index is 12.1. The van der Waals surface area contributed by atoms with Gasteiger partial charge in [-0.2, -0.15) is 5.10 Å². The van der Waals surface area contributed by atoms with Crippen LogP contribution in [0.25, 0.3) is 11.0 Å². The van der Waals surface area contributed by atoms with Gasteiger partial charge in [0.1, 0.15) is 0 Å². The largest absolute Gasteiger partial charge is 0.493 e. The zero-order chi connectivity index (χ0) is 20.1. The lowest BCUT2D eigenvalue weighted by Crippen LogP contribution is -2.20. The molecule has 1 N–H and O–H groups in total. The molecule has 0 radical (unpaired) electrons. The highest BCUT2D eigenvalue weighted by Crippen LogP contribution is 2.36. The summed E-state index contributed by atoms with van der Waals surface area (Å²) in [5, 5.41) is 5.09. The van der Waals surface area contributed by atoms with Crippen molar-refractivity contribution in [1.29, 1.82) is 0 Å². The number of rotatable bonds is 7. The Bertz CT molecular complexity index is 1040. The second kappa shape index (κ2) is 8.99. The van der Waals surface area contributed by atoms with Crippen molar-refractivity contribution in [3.8, 4) is 11.5 Å². The summed E-state index contributed by atoms with van der Waals surface area (Å²) in [5.74, 6) is 0.878. The highest BCUT2D eigenvalue weighted by Gasteiger charge is 2.12. The lowest BCUT2D eigenvalue weighted by molar-refractivity contribution is -0.118. The van der Waals surface area contributed by atoms with Gasteiger partial charge >= 0.3 is 0 Å². The number of aromatic nitrogens is 2. The number of carbonyl (C=O) groups is 1. The zero-order valence-electron chi connectivity index (χ0n) is 15.6. The zero-order valence-corrected chi connectivity index (χ0v) is 17.2. The number of imidazole rings is 1. The average molecular weight is 419 g/mol. The Morgan fingerprint density at radius 3 is 2.79 bits per heavy atom. The first-order valence-corrected chi connectivity index (χ1v) is 9.68. The van der Waals surface area contributed by atoms with Crippen LogP contribution in [-0.4, -0.2) is 41.6 Å². The molecule has 0 aliphatic heterocycles. The van der Waals surface area contributed by atoms with Crippen molar-refractivity contribution in [3.63, 3.8) is 0 Å². The van der Waals surface area contributed by atoms with Crippen molar-refractivity contribution < 1.29 is 14.3 Å². The fourth-order valence-electron chi connectivity index (χ4n) is 2.59. The van der Waals surface area contributed by atoms with Gasteiger partial charge in [0.25, 0.3) is 5.91 Å².